The van der Waals surface area contributed by atoms with Crippen molar-refractivity contribution >= 4 is 34.8 Å². The largest absolute Gasteiger partial charge is 0.495 e. The number of benzene rings is 2. The fourth-order valence-corrected chi connectivity index (χ4v) is 2.80. The number of anilines is 2. The Morgan fingerprint density at radius 1 is 1.07 bits per heavy atom. The molecule has 2 rings (SSSR count). The fourth-order valence-electron chi connectivity index (χ4n) is 2.65. The second-order valence-electron chi connectivity index (χ2n) is 6.86. The summed E-state index contributed by atoms with van der Waals surface area (Å²) in [6, 6.07) is 8.84. The molecule has 0 aromatic heterocycles. The van der Waals surface area contributed by atoms with Crippen LogP contribution in [0.2, 0.25) is 5.02 Å². The van der Waals surface area contributed by atoms with Crippen molar-refractivity contribution in [2.24, 2.45) is 0 Å². The molecular weight excluding hydrogens is 378 g/mol. The van der Waals surface area contributed by atoms with Crippen LogP contribution in [0.1, 0.15) is 35.3 Å². The first-order valence-electron chi connectivity index (χ1n) is 9.00. The van der Waals surface area contributed by atoms with Crippen LogP contribution in [0.15, 0.2) is 30.3 Å². The minimum absolute atomic E-state index is 0.0720. The molecule has 0 aliphatic rings. The van der Waals surface area contributed by atoms with Gasteiger partial charge in [-0.15, -0.1) is 0 Å². The first-order chi connectivity index (χ1) is 13.2. The Bertz CT molecular complexity index is 881. The van der Waals surface area contributed by atoms with Gasteiger partial charge in [0.2, 0.25) is 5.91 Å². The molecule has 2 amide bonds. The third-order valence-electron chi connectivity index (χ3n) is 4.10. The highest BCUT2D eigenvalue weighted by Crippen LogP contribution is 2.30. The van der Waals surface area contributed by atoms with E-state index in [2.05, 4.69) is 16.0 Å². The van der Waals surface area contributed by atoms with E-state index in [4.69, 9.17) is 16.3 Å². The van der Waals surface area contributed by atoms with E-state index in [1.165, 1.54) is 7.11 Å². The zero-order chi connectivity index (χ0) is 20.8. The van der Waals surface area contributed by atoms with E-state index in [0.29, 0.717) is 22.0 Å². The van der Waals surface area contributed by atoms with Crippen LogP contribution in [0.5, 0.6) is 5.75 Å². The van der Waals surface area contributed by atoms with Gasteiger partial charge in [-0.3, -0.25) is 9.59 Å². The molecule has 0 bridgehead atoms. The van der Waals surface area contributed by atoms with E-state index in [1.54, 1.807) is 30.3 Å². The lowest BCUT2D eigenvalue weighted by Gasteiger charge is -2.14. The van der Waals surface area contributed by atoms with Gasteiger partial charge in [0.1, 0.15) is 5.75 Å². The SMILES string of the molecule is COc1cc(Cl)c(C)cc1NC(=O)CNc1ccc(C(=O)NC(C)C)cc1C. The summed E-state index contributed by atoms with van der Waals surface area (Å²) in [5, 5.41) is 9.35. The summed E-state index contributed by atoms with van der Waals surface area (Å²) in [4.78, 5) is 24.4. The van der Waals surface area contributed by atoms with E-state index in [9.17, 15) is 9.59 Å². The third-order valence-corrected chi connectivity index (χ3v) is 4.51. The minimum atomic E-state index is -0.221. The quantitative estimate of drug-likeness (QED) is 0.648. The van der Waals surface area contributed by atoms with Gasteiger partial charge in [-0.2, -0.15) is 0 Å². The highest BCUT2D eigenvalue weighted by atomic mass is 35.5. The number of hydrogen-bond donors (Lipinski definition) is 3. The summed E-state index contributed by atoms with van der Waals surface area (Å²) in [5.41, 5.74) is 3.66. The topological polar surface area (TPSA) is 79.5 Å². The molecule has 3 N–H and O–H groups in total. The number of methoxy groups -OCH3 is 1. The molecule has 0 spiro atoms. The summed E-state index contributed by atoms with van der Waals surface area (Å²) < 4.78 is 5.27. The van der Waals surface area contributed by atoms with Gasteiger partial charge in [-0.1, -0.05) is 11.6 Å². The lowest BCUT2D eigenvalue weighted by molar-refractivity contribution is -0.114. The highest BCUT2D eigenvalue weighted by Gasteiger charge is 2.12. The van der Waals surface area contributed by atoms with Gasteiger partial charge in [0.05, 0.1) is 19.3 Å². The molecule has 0 saturated heterocycles. The molecule has 0 atom stereocenters. The summed E-state index contributed by atoms with van der Waals surface area (Å²) in [6.45, 7) is 7.64. The number of ether oxygens (including phenoxy) is 1. The van der Waals surface area contributed by atoms with Crippen LogP contribution >= 0.6 is 11.6 Å². The van der Waals surface area contributed by atoms with E-state index in [1.807, 2.05) is 27.7 Å². The summed E-state index contributed by atoms with van der Waals surface area (Å²) >= 11 is 6.09. The molecule has 0 fully saturated rings. The monoisotopic (exact) mass is 403 g/mol. The van der Waals surface area contributed by atoms with E-state index < -0.39 is 0 Å². The smallest absolute Gasteiger partial charge is 0.251 e. The zero-order valence-corrected chi connectivity index (χ0v) is 17.5. The second-order valence-corrected chi connectivity index (χ2v) is 7.27. The number of carbonyl (C=O) groups excluding carboxylic acids is 2. The van der Waals surface area contributed by atoms with Crippen molar-refractivity contribution in [2.75, 3.05) is 24.3 Å². The standard InChI is InChI=1S/C21H26ClN3O3/c1-12(2)24-21(27)15-6-7-17(14(4)8-15)23-11-20(26)25-18-9-13(3)16(22)10-19(18)28-5/h6-10,12,23H,11H2,1-5H3,(H,24,27)(H,25,26). The number of carbonyl (C=O) groups is 2. The Labute approximate surface area is 170 Å². The maximum atomic E-state index is 12.3. The van der Waals surface area contributed by atoms with Crippen molar-refractivity contribution in [3.63, 3.8) is 0 Å². The minimum Gasteiger partial charge on any atom is -0.495 e. The molecule has 150 valence electrons. The normalized spacial score (nSPS) is 10.5. The summed E-state index contributed by atoms with van der Waals surface area (Å²) in [6.07, 6.45) is 0. The third kappa shape index (κ3) is 5.63. The van der Waals surface area contributed by atoms with Crippen LogP contribution in [-0.4, -0.2) is 31.5 Å². The lowest BCUT2D eigenvalue weighted by Crippen LogP contribution is -2.30. The predicted molar refractivity (Wildman–Crippen MR) is 114 cm³/mol. The molecule has 2 aromatic rings. The molecule has 0 aliphatic carbocycles. The molecule has 0 heterocycles. The van der Waals surface area contributed by atoms with Crippen molar-refractivity contribution in [3.8, 4) is 5.75 Å². The van der Waals surface area contributed by atoms with Gasteiger partial charge >= 0.3 is 0 Å². The van der Waals surface area contributed by atoms with Crippen molar-refractivity contribution in [1.82, 2.24) is 5.32 Å². The molecule has 2 aromatic carbocycles. The van der Waals surface area contributed by atoms with Crippen LogP contribution in [0.4, 0.5) is 11.4 Å². The van der Waals surface area contributed by atoms with E-state index in [-0.39, 0.29) is 24.4 Å². The highest BCUT2D eigenvalue weighted by molar-refractivity contribution is 6.31. The maximum absolute atomic E-state index is 12.3. The Morgan fingerprint density at radius 3 is 2.39 bits per heavy atom. The second kappa shape index (κ2) is 9.46. The van der Waals surface area contributed by atoms with Crippen LogP contribution in [0.25, 0.3) is 0 Å². The van der Waals surface area contributed by atoms with Crippen LogP contribution in [0, 0.1) is 13.8 Å². The molecule has 0 aliphatic heterocycles. The number of halogens is 1. The first kappa shape index (κ1) is 21.6. The van der Waals surface area contributed by atoms with Gasteiger partial charge in [0, 0.05) is 28.4 Å². The van der Waals surface area contributed by atoms with Crippen LogP contribution < -0.4 is 20.7 Å². The van der Waals surface area contributed by atoms with Gasteiger partial charge in [-0.05, 0) is 63.1 Å². The molecular formula is C21H26ClN3O3. The number of hydrogen-bond acceptors (Lipinski definition) is 4. The number of nitrogens with one attached hydrogen (secondary N) is 3. The molecule has 7 heteroatoms. The van der Waals surface area contributed by atoms with E-state index in [0.717, 1.165) is 16.8 Å². The predicted octanol–water partition coefficient (Wildman–Crippen LogP) is 4.15. The Hall–Kier alpha value is -2.73. The van der Waals surface area contributed by atoms with Crippen molar-refractivity contribution in [3.05, 3.63) is 52.0 Å². The number of amides is 2. The van der Waals surface area contributed by atoms with E-state index >= 15 is 0 Å². The van der Waals surface area contributed by atoms with Gasteiger partial charge in [0.15, 0.2) is 0 Å². The van der Waals surface area contributed by atoms with Gasteiger partial charge in [0.25, 0.3) is 5.91 Å². The van der Waals surface area contributed by atoms with Crippen molar-refractivity contribution < 1.29 is 14.3 Å². The molecule has 0 unspecified atom stereocenters. The number of rotatable bonds is 7. The molecule has 0 saturated carbocycles. The molecule has 28 heavy (non-hydrogen) atoms. The summed E-state index contributed by atoms with van der Waals surface area (Å²) in [5.74, 6) is 0.161. The fraction of sp³-hybridized carbons (Fsp3) is 0.333. The Kier molecular flexibility index (Phi) is 7.29. The first-order valence-corrected chi connectivity index (χ1v) is 9.38. The van der Waals surface area contributed by atoms with Gasteiger partial charge < -0.3 is 20.7 Å². The summed E-state index contributed by atoms with van der Waals surface area (Å²) in [7, 11) is 1.52. The number of aryl methyl sites for hydroxylation is 2. The van der Waals surface area contributed by atoms with Crippen molar-refractivity contribution in [1.29, 1.82) is 0 Å². The maximum Gasteiger partial charge on any atom is 0.251 e. The zero-order valence-electron chi connectivity index (χ0n) is 16.8. The van der Waals surface area contributed by atoms with Crippen LogP contribution in [-0.2, 0) is 4.79 Å². The molecule has 0 radical (unpaired) electrons. The average Bonchev–Trinajstić information content (AvgIpc) is 2.62. The van der Waals surface area contributed by atoms with Gasteiger partial charge in [-0.25, -0.2) is 0 Å². The molecule has 6 nitrogen and oxygen atoms in total. The Balaban J connectivity index is 2.01. The van der Waals surface area contributed by atoms with Crippen molar-refractivity contribution in [2.45, 2.75) is 33.7 Å². The Morgan fingerprint density at radius 2 is 1.79 bits per heavy atom. The average molecular weight is 404 g/mol. The van der Waals surface area contributed by atoms with Crippen LogP contribution in [0.3, 0.4) is 0 Å². The lowest BCUT2D eigenvalue weighted by atomic mass is 10.1.